The number of fused-ring (bicyclic) bond motifs is 7. The van der Waals surface area contributed by atoms with Gasteiger partial charge in [-0.15, -0.1) is 22.1 Å². The Morgan fingerprint density at radius 1 is 1.00 bits per heavy atom. The van der Waals surface area contributed by atoms with Gasteiger partial charge in [-0.25, -0.2) is 0 Å². The number of ketones is 1. The molecule has 3 aliphatic rings. The van der Waals surface area contributed by atoms with Crippen LogP contribution in [0.1, 0.15) is 141 Å². The molecule has 8 bridgehead atoms. The van der Waals surface area contributed by atoms with Crippen molar-refractivity contribution < 1.29 is 23.9 Å². The van der Waals surface area contributed by atoms with Crippen molar-refractivity contribution in [2.75, 3.05) is 13.7 Å². The molecule has 0 spiro atoms. The second-order valence-electron chi connectivity index (χ2n) is 16.0. The maximum atomic E-state index is 14.3. The Kier molecular flexibility index (Phi) is 14.3. The van der Waals surface area contributed by atoms with Crippen LogP contribution in [-0.4, -0.2) is 59.5 Å². The van der Waals surface area contributed by atoms with E-state index in [4.69, 9.17) is 19.4 Å². The minimum Gasteiger partial charge on any atom is -0.657 e. The van der Waals surface area contributed by atoms with Gasteiger partial charge in [0.1, 0.15) is 12.5 Å². The van der Waals surface area contributed by atoms with Gasteiger partial charge < -0.3 is 29.7 Å². The third-order valence-corrected chi connectivity index (χ3v) is 12.3. The molecule has 10 heteroatoms. The van der Waals surface area contributed by atoms with E-state index in [1.54, 1.807) is 0 Å². The van der Waals surface area contributed by atoms with Crippen molar-refractivity contribution in [3.8, 4) is 0 Å². The number of carbonyl (C=O) groups excluding carboxylic acids is 3. The minimum absolute atomic E-state index is 0. The SMILES string of the molecule is C=Cc1c2[n-]c(c1C)/C=C1\N/C(=C3\c4[nH]c(c(C)c4C(=O)[C@@H]3C(=O)OC)/C=c3\[n-]/c(c(C)c3CC)=C\2)[C@@H](CCC(=O)OC/C=C(\C)CCC[C@H](C)CCC)[C@@H]1C.[Mg+2]. The van der Waals surface area contributed by atoms with Crippen LogP contribution in [0.15, 0.2) is 29.6 Å². The molecular formula is C47H58MgN4O5. The van der Waals surface area contributed by atoms with Crippen LogP contribution in [0.2, 0.25) is 0 Å². The molecule has 4 atom stereocenters. The summed E-state index contributed by atoms with van der Waals surface area (Å²) >= 11 is 0. The van der Waals surface area contributed by atoms with Gasteiger partial charge in [-0.1, -0.05) is 100 Å². The number of hydrogen-bond acceptors (Lipinski definition) is 6. The van der Waals surface area contributed by atoms with E-state index < -0.39 is 11.9 Å². The summed E-state index contributed by atoms with van der Waals surface area (Å²) in [5, 5.41) is 5.32. The number of carbonyl (C=O) groups is 3. The van der Waals surface area contributed by atoms with E-state index in [-0.39, 0.29) is 59.7 Å². The number of H-pyrrole nitrogens is 1. The van der Waals surface area contributed by atoms with Gasteiger partial charge in [-0.05, 0) is 76.5 Å². The number of nitrogens with one attached hydrogen (secondary N) is 2. The summed E-state index contributed by atoms with van der Waals surface area (Å²) in [6.45, 7) is 21.2. The fraction of sp³-hybridized carbons (Fsp3) is 0.468. The van der Waals surface area contributed by atoms with Crippen molar-refractivity contribution in [2.45, 2.75) is 107 Å². The molecule has 3 aromatic heterocycles. The number of nitrogens with zero attached hydrogens (tertiary/aromatic N) is 2. The van der Waals surface area contributed by atoms with Crippen LogP contribution in [0.25, 0.3) is 29.9 Å². The van der Waals surface area contributed by atoms with E-state index in [9.17, 15) is 14.4 Å². The molecule has 1 saturated heterocycles. The van der Waals surface area contributed by atoms with Crippen molar-refractivity contribution in [1.29, 1.82) is 0 Å². The Morgan fingerprint density at radius 3 is 2.44 bits per heavy atom. The number of ether oxygens (including phenoxy) is 2. The van der Waals surface area contributed by atoms with Gasteiger partial charge >= 0.3 is 35.0 Å². The average molecular weight is 783 g/mol. The van der Waals surface area contributed by atoms with Crippen LogP contribution >= 0.6 is 0 Å². The van der Waals surface area contributed by atoms with Gasteiger partial charge in [-0.3, -0.25) is 14.4 Å². The second kappa shape index (κ2) is 18.5. The number of hydrogen-bond donors (Lipinski definition) is 2. The summed E-state index contributed by atoms with van der Waals surface area (Å²) in [5.41, 5.74) is 11.7. The van der Waals surface area contributed by atoms with Crippen molar-refractivity contribution in [3.63, 3.8) is 0 Å². The zero-order valence-electron chi connectivity index (χ0n) is 35.4. The monoisotopic (exact) mass is 782 g/mol. The normalized spacial score (nSPS) is 22.3. The van der Waals surface area contributed by atoms with Gasteiger partial charge in [0.15, 0.2) is 5.78 Å². The topological polar surface area (TPSA) is 126 Å². The average Bonchev–Trinajstić information content (AvgIpc) is 3.91. The predicted molar refractivity (Wildman–Crippen MR) is 229 cm³/mol. The van der Waals surface area contributed by atoms with E-state index in [1.807, 2.05) is 44.2 Å². The van der Waals surface area contributed by atoms with Gasteiger partial charge in [0.05, 0.1) is 12.8 Å². The first-order valence-electron chi connectivity index (χ1n) is 20.4. The van der Waals surface area contributed by atoms with E-state index in [2.05, 4.69) is 58.4 Å². The number of esters is 2. The summed E-state index contributed by atoms with van der Waals surface area (Å²) in [5.74, 6) is -1.98. The molecule has 5 heterocycles. The molecule has 0 unspecified atom stereocenters. The molecule has 0 aromatic carbocycles. The quantitative estimate of drug-likeness (QED) is 0.0767. The molecule has 9 nitrogen and oxygen atoms in total. The zero-order chi connectivity index (χ0) is 40.4. The zero-order valence-corrected chi connectivity index (χ0v) is 36.8. The van der Waals surface area contributed by atoms with Crippen LogP contribution in [-0.2, 0) is 25.5 Å². The summed E-state index contributed by atoms with van der Waals surface area (Å²) in [6.07, 6.45) is 17.1. The van der Waals surface area contributed by atoms with E-state index in [0.717, 1.165) is 92.2 Å². The molecule has 0 amide bonds. The Bertz CT molecular complexity index is 2280. The standard InChI is InChI=1S/C47H58N4O5.Mg/c1-11-15-25(4)16-14-17-26(5)20-21-56-40(52)19-18-33-29(8)36-22-34-27(6)31(12-2)38(48-34)23-35-28(7)32(13-3)39(49-35)24-37-30(9)41-45(51-37)42(44(33)50-36)43(46(41)53)47(54)55-10;/h12,20,22-25,29,33,43H,2,11,13-19,21H2,1,3-10H3,(H2,50,51,53);/q-2;+2/b26-20+,35-23-,36-22-,39-24-;/t25-,29+,33+,43-;/m1./s1. The first-order valence-corrected chi connectivity index (χ1v) is 20.4. The molecule has 57 heavy (non-hydrogen) atoms. The maximum absolute atomic E-state index is 14.3. The molecule has 2 aliphatic heterocycles. The Hall–Kier alpha value is -4.28. The third-order valence-electron chi connectivity index (χ3n) is 12.3. The number of Topliss-reactive ketones (excluding diaryl/α,β-unsaturated/α-hetero) is 1. The summed E-state index contributed by atoms with van der Waals surface area (Å²) in [7, 11) is 1.31. The van der Waals surface area contributed by atoms with E-state index in [1.165, 1.54) is 31.9 Å². The van der Waals surface area contributed by atoms with Crippen LogP contribution in [0.5, 0.6) is 0 Å². The number of rotatable bonds is 14. The first kappa shape index (κ1) is 43.8. The largest absolute Gasteiger partial charge is 2.00 e. The van der Waals surface area contributed by atoms with E-state index in [0.29, 0.717) is 23.3 Å². The van der Waals surface area contributed by atoms with Crippen molar-refractivity contribution in [3.05, 3.63) is 96.5 Å². The Balaban J connectivity index is 0.00000620. The van der Waals surface area contributed by atoms with Crippen LogP contribution in [0.4, 0.5) is 0 Å². The molecule has 6 rings (SSSR count). The van der Waals surface area contributed by atoms with Crippen molar-refractivity contribution >= 4 is 70.7 Å². The fourth-order valence-corrected chi connectivity index (χ4v) is 8.93. The fourth-order valence-electron chi connectivity index (χ4n) is 8.93. The van der Waals surface area contributed by atoms with E-state index >= 15 is 0 Å². The Labute approximate surface area is 353 Å². The molecule has 2 N–H and O–H groups in total. The van der Waals surface area contributed by atoms with Crippen LogP contribution in [0.3, 0.4) is 0 Å². The number of aromatic nitrogens is 3. The molecule has 1 aliphatic carbocycles. The van der Waals surface area contributed by atoms with Crippen molar-refractivity contribution in [2.24, 2.45) is 23.7 Å². The summed E-state index contributed by atoms with van der Waals surface area (Å²) in [6, 6.07) is 0. The smallest absolute Gasteiger partial charge is 0.657 e. The molecule has 0 radical (unpaired) electrons. The number of aromatic amines is 1. The predicted octanol–water partition coefficient (Wildman–Crippen LogP) is 7.12. The molecule has 0 saturated carbocycles. The van der Waals surface area contributed by atoms with Gasteiger partial charge in [-0.2, -0.15) is 0 Å². The van der Waals surface area contributed by atoms with Gasteiger partial charge in [0.25, 0.3) is 0 Å². The summed E-state index contributed by atoms with van der Waals surface area (Å²) in [4.78, 5) is 54.8. The van der Waals surface area contributed by atoms with Gasteiger partial charge in [0.2, 0.25) is 0 Å². The molecule has 3 aromatic rings. The third kappa shape index (κ3) is 8.63. The maximum Gasteiger partial charge on any atom is 2.00 e. The number of allylic oxidation sites excluding steroid dienone is 3. The van der Waals surface area contributed by atoms with Crippen LogP contribution < -0.4 is 26.0 Å². The Morgan fingerprint density at radius 2 is 1.75 bits per heavy atom. The number of methoxy groups -OCH3 is 1. The molecular weight excluding hydrogens is 725 g/mol. The second-order valence-corrected chi connectivity index (χ2v) is 16.0. The van der Waals surface area contributed by atoms with Crippen molar-refractivity contribution in [1.82, 2.24) is 20.3 Å². The minimum atomic E-state index is -1.15. The van der Waals surface area contributed by atoms with Crippen LogP contribution in [0, 0.1) is 44.4 Å². The summed E-state index contributed by atoms with van der Waals surface area (Å²) < 4.78 is 11.0. The van der Waals surface area contributed by atoms with Gasteiger partial charge in [0, 0.05) is 46.5 Å². The molecule has 298 valence electrons. The first-order chi connectivity index (χ1) is 26.8. The molecule has 1 fully saturated rings.